The van der Waals surface area contributed by atoms with Crippen molar-refractivity contribution in [3.8, 4) is 11.5 Å². The Morgan fingerprint density at radius 1 is 1.19 bits per heavy atom. The predicted octanol–water partition coefficient (Wildman–Crippen LogP) is 3.46. The van der Waals surface area contributed by atoms with Gasteiger partial charge in [-0.15, -0.1) is 0 Å². The Kier molecular flexibility index (Phi) is 10.6. The van der Waals surface area contributed by atoms with Gasteiger partial charge in [-0.25, -0.2) is 19.7 Å². The van der Waals surface area contributed by atoms with Gasteiger partial charge < -0.3 is 39.8 Å². The van der Waals surface area contributed by atoms with Crippen molar-refractivity contribution < 1.29 is 46.9 Å². The zero-order chi connectivity index (χ0) is 33.9. The molecule has 0 saturated carbocycles. The number of benzene rings is 1. The van der Waals surface area contributed by atoms with Crippen LogP contribution in [0.25, 0.3) is 11.2 Å². The second kappa shape index (κ2) is 14.5. The van der Waals surface area contributed by atoms with Crippen molar-refractivity contribution in [2.75, 3.05) is 38.7 Å². The molecular weight excluding hydrogens is 715 g/mol. The maximum Gasteiger partial charge on any atom is 0.490 e. The van der Waals surface area contributed by atoms with Crippen LogP contribution in [0.5, 0.6) is 11.5 Å². The van der Waals surface area contributed by atoms with Crippen LogP contribution in [0.4, 0.5) is 19.0 Å². The Hall–Kier alpha value is -3.84. The van der Waals surface area contributed by atoms with Crippen LogP contribution in [-0.2, 0) is 25.7 Å². The normalized spacial score (nSPS) is 17.1. The minimum atomic E-state index is -5.08. The maximum atomic E-state index is 12.9. The number of aliphatic carboxylic acids is 1. The van der Waals surface area contributed by atoms with Crippen molar-refractivity contribution in [2.24, 2.45) is 11.8 Å². The number of nitrogens with one attached hydrogen (secondary N) is 1. The highest BCUT2D eigenvalue weighted by molar-refractivity contribution is 9.10. The van der Waals surface area contributed by atoms with Crippen molar-refractivity contribution in [3.05, 3.63) is 22.9 Å². The van der Waals surface area contributed by atoms with E-state index in [4.69, 9.17) is 34.8 Å². The van der Waals surface area contributed by atoms with E-state index < -0.39 is 18.2 Å². The smallest absolute Gasteiger partial charge is 0.475 e. The molecule has 5 heterocycles. The molecule has 3 aliphatic rings. The first-order valence-electron chi connectivity index (χ1n) is 14.6. The molecule has 0 bridgehead atoms. The topological polar surface area (TPSA) is 184 Å². The molecule has 4 N–H and O–H groups in total. The number of halogens is 4. The van der Waals surface area contributed by atoms with Gasteiger partial charge in [-0.1, -0.05) is 11.8 Å². The lowest BCUT2D eigenvalue weighted by Gasteiger charge is -2.34. The molecule has 47 heavy (non-hydrogen) atoms. The Labute approximate surface area is 278 Å². The summed E-state index contributed by atoms with van der Waals surface area (Å²) in [4.78, 5) is 50.0. The zero-order valence-electron chi connectivity index (χ0n) is 25.0. The second-order valence-corrected chi connectivity index (χ2v) is 12.9. The minimum Gasteiger partial charge on any atom is -0.475 e. The number of piperidine rings is 1. The maximum absolute atomic E-state index is 12.9. The Morgan fingerprint density at radius 3 is 2.47 bits per heavy atom. The number of likely N-dealkylation sites (tertiary alicyclic amines) is 1. The van der Waals surface area contributed by atoms with Crippen molar-refractivity contribution >= 4 is 62.5 Å². The molecule has 14 nitrogen and oxygen atoms in total. The summed E-state index contributed by atoms with van der Waals surface area (Å²) in [7, 11) is 0. The fraction of sp³-hybridized carbons (Fsp3) is 0.500. The third-order valence-electron chi connectivity index (χ3n) is 7.84. The molecule has 2 saturated heterocycles. The average Bonchev–Trinajstić information content (AvgIpc) is 3.59. The average molecular weight is 747 g/mol. The number of aromatic nitrogens is 4. The number of anilines is 1. The lowest BCUT2D eigenvalue weighted by atomic mass is 9.93. The van der Waals surface area contributed by atoms with Crippen LogP contribution in [-0.4, -0.2) is 92.6 Å². The van der Waals surface area contributed by atoms with Gasteiger partial charge in [0.25, 0.3) is 5.91 Å². The van der Waals surface area contributed by atoms with Gasteiger partial charge >= 0.3 is 18.1 Å². The summed E-state index contributed by atoms with van der Waals surface area (Å²) in [5.41, 5.74) is 7.41. The molecule has 2 fully saturated rings. The Bertz CT molecular complexity index is 1650. The molecule has 254 valence electrons. The summed E-state index contributed by atoms with van der Waals surface area (Å²) in [6.45, 7) is 5.07. The molecule has 1 amide bonds. The highest BCUT2D eigenvalue weighted by Gasteiger charge is 2.38. The summed E-state index contributed by atoms with van der Waals surface area (Å²) in [6.07, 6.45) is -1.74. The molecule has 0 unspecified atom stereocenters. The van der Waals surface area contributed by atoms with Gasteiger partial charge in [-0.05, 0) is 60.2 Å². The van der Waals surface area contributed by atoms with Crippen LogP contribution in [0.1, 0.15) is 26.2 Å². The van der Waals surface area contributed by atoms with E-state index in [9.17, 15) is 22.8 Å². The molecule has 0 radical (unpaired) electrons. The molecule has 3 aliphatic heterocycles. The summed E-state index contributed by atoms with van der Waals surface area (Å²) in [6, 6.07) is 3.83. The fourth-order valence-corrected chi connectivity index (χ4v) is 6.58. The number of hydrogen-bond acceptors (Lipinski definition) is 12. The number of aryl methyl sites for hydroxylation is 1. The third kappa shape index (κ3) is 8.18. The van der Waals surface area contributed by atoms with Gasteiger partial charge in [0, 0.05) is 42.1 Å². The first-order chi connectivity index (χ1) is 22.3. The zero-order valence-corrected chi connectivity index (χ0v) is 27.4. The first-order valence-corrected chi connectivity index (χ1v) is 16.2. The van der Waals surface area contributed by atoms with Crippen LogP contribution in [0.3, 0.4) is 0 Å². The van der Waals surface area contributed by atoms with E-state index in [0.29, 0.717) is 67.1 Å². The van der Waals surface area contributed by atoms with Gasteiger partial charge in [0.15, 0.2) is 39.7 Å². The highest BCUT2D eigenvalue weighted by atomic mass is 79.9. The number of amides is 1. The number of carboxylic acid groups (broad SMARTS) is 1. The van der Waals surface area contributed by atoms with Crippen molar-refractivity contribution in [3.63, 3.8) is 0 Å². The van der Waals surface area contributed by atoms with E-state index in [2.05, 4.69) is 35.8 Å². The fourth-order valence-electron chi connectivity index (χ4n) is 5.08. The Morgan fingerprint density at radius 2 is 1.85 bits per heavy atom. The molecule has 1 atom stereocenters. The summed E-state index contributed by atoms with van der Waals surface area (Å²) in [5, 5.41) is 10.9. The van der Waals surface area contributed by atoms with Crippen LogP contribution < -0.4 is 20.5 Å². The number of esters is 1. The lowest BCUT2D eigenvalue weighted by molar-refractivity contribution is -0.192. The number of nitrogens with two attached hydrogens (primary N) is 1. The van der Waals surface area contributed by atoms with E-state index in [1.165, 1.54) is 18.1 Å². The number of nitrogens with zero attached hydrogens (tertiary/aromatic N) is 5. The molecule has 19 heteroatoms. The van der Waals surface area contributed by atoms with E-state index in [1.54, 1.807) is 6.92 Å². The number of ether oxygens (including phenoxy) is 3. The lowest BCUT2D eigenvalue weighted by Crippen LogP contribution is -2.50. The Balaban J connectivity index is 0.000000559. The molecule has 3 aromatic rings. The highest BCUT2D eigenvalue weighted by Crippen LogP contribution is 2.43. The molecular formula is C28H31BrF3N7O7S. The number of fused-ring (bicyclic) bond motifs is 2. The third-order valence-corrected chi connectivity index (χ3v) is 9.81. The van der Waals surface area contributed by atoms with E-state index in [1.807, 2.05) is 17.0 Å². The molecule has 1 aromatic carbocycles. The standard InChI is InChI=1S/C26H30BrN7O5S.C2HF3O2/c1-14(39-25(36)16-10-29-11-16)24(35)33-5-2-15(3-6-33)4-7-34-23-21(22(28)30-12-31-23)32-26(34)40-20-9-19-18(8-17(20)27)37-13-38-19;3-2(4,5)1(6)7/h8-9,12,14-16,29H,2-7,10-11,13H2,1H3,(H2,28,30,31);(H,6,7)/t14-;/m0./s1. The SMILES string of the molecule is C[C@H](OC(=O)C1CNC1)C(=O)N1CCC(CCn2c(Sc3cc4c(cc3Br)OCO4)nc3c(N)ncnc32)CC1.O=C(O)C(F)(F)F. The molecule has 6 rings (SSSR count). The minimum absolute atomic E-state index is 0.125. The van der Waals surface area contributed by atoms with Crippen LogP contribution in [0.2, 0.25) is 0 Å². The van der Waals surface area contributed by atoms with Crippen molar-refractivity contribution in [1.29, 1.82) is 0 Å². The van der Waals surface area contributed by atoms with Crippen LogP contribution in [0.15, 0.2) is 33.0 Å². The van der Waals surface area contributed by atoms with Gasteiger partial charge in [0.05, 0.1) is 5.92 Å². The van der Waals surface area contributed by atoms with E-state index in [-0.39, 0.29) is 24.6 Å². The van der Waals surface area contributed by atoms with Crippen molar-refractivity contribution in [2.45, 2.75) is 55.1 Å². The number of imidazole rings is 1. The van der Waals surface area contributed by atoms with Gasteiger partial charge in [-0.2, -0.15) is 13.2 Å². The number of nitrogen functional groups attached to an aromatic ring is 1. The number of carboxylic acids is 1. The van der Waals surface area contributed by atoms with E-state index >= 15 is 0 Å². The predicted molar refractivity (Wildman–Crippen MR) is 164 cm³/mol. The van der Waals surface area contributed by atoms with Gasteiger partial charge in [-0.3, -0.25) is 9.59 Å². The van der Waals surface area contributed by atoms with Gasteiger partial charge in [0.2, 0.25) is 6.79 Å². The number of rotatable bonds is 8. The van der Waals surface area contributed by atoms with Crippen molar-refractivity contribution in [1.82, 2.24) is 29.7 Å². The quantitative estimate of drug-likeness (QED) is 0.285. The first kappa shape index (κ1) is 34.5. The monoisotopic (exact) mass is 745 g/mol. The number of hydrogen-bond donors (Lipinski definition) is 3. The summed E-state index contributed by atoms with van der Waals surface area (Å²) in [5.74, 6) is -1.17. The number of carbonyl (C=O) groups excluding carboxylic acids is 2. The summed E-state index contributed by atoms with van der Waals surface area (Å²) >= 11 is 5.13. The number of carbonyl (C=O) groups is 3. The molecule has 0 spiro atoms. The van der Waals surface area contributed by atoms with Crippen LogP contribution in [0, 0.1) is 11.8 Å². The second-order valence-electron chi connectivity index (χ2n) is 11.0. The molecule has 0 aliphatic carbocycles. The van der Waals surface area contributed by atoms with E-state index in [0.717, 1.165) is 33.8 Å². The summed E-state index contributed by atoms with van der Waals surface area (Å²) < 4.78 is 51.2. The van der Waals surface area contributed by atoms with Crippen LogP contribution >= 0.6 is 27.7 Å². The van der Waals surface area contributed by atoms with Gasteiger partial charge in [0.1, 0.15) is 6.33 Å². The number of alkyl halides is 3. The largest absolute Gasteiger partial charge is 0.490 e. The molecule has 2 aromatic heterocycles.